The number of esters is 3. The summed E-state index contributed by atoms with van der Waals surface area (Å²) < 4.78 is 16.7. The first-order valence-corrected chi connectivity index (χ1v) is 23.4. The Bertz CT molecular complexity index is 796. The Labute approximate surface area is 329 Å². The van der Waals surface area contributed by atoms with Gasteiger partial charge in [0.05, 0.1) is 0 Å². The second kappa shape index (κ2) is 41.6. The minimum Gasteiger partial charge on any atom is -0.462 e. The monoisotopic (exact) mass is 751 g/mol. The first kappa shape index (κ1) is 51.4. The molecule has 1 atom stereocenters. The minimum atomic E-state index is -0.758. The molecule has 0 amide bonds. The average molecular weight is 751 g/mol. The summed E-state index contributed by atoms with van der Waals surface area (Å²) in [5, 5.41) is 0. The third-order valence-corrected chi connectivity index (χ3v) is 10.5. The molecule has 0 aromatic heterocycles. The predicted octanol–water partition coefficient (Wildman–Crippen LogP) is 14.7. The number of hydrogen-bond donors (Lipinski definition) is 0. The molecular weight excluding hydrogens is 661 g/mol. The molecule has 0 heterocycles. The first-order valence-electron chi connectivity index (χ1n) is 23.4. The molecule has 0 saturated carbocycles. The minimum absolute atomic E-state index is 0.0638. The van der Waals surface area contributed by atoms with Crippen LogP contribution in [0.2, 0.25) is 0 Å². The molecule has 6 nitrogen and oxygen atoms in total. The number of rotatable bonds is 42. The van der Waals surface area contributed by atoms with Crippen LogP contribution in [0.1, 0.15) is 259 Å². The van der Waals surface area contributed by atoms with Crippen LogP contribution < -0.4 is 0 Å². The lowest BCUT2D eigenvalue weighted by Gasteiger charge is -2.18. The summed E-state index contributed by atoms with van der Waals surface area (Å²) in [7, 11) is 0. The zero-order valence-corrected chi connectivity index (χ0v) is 36.0. The quantitative estimate of drug-likeness (QED) is 0.0351. The van der Waals surface area contributed by atoms with Crippen LogP contribution in [0.25, 0.3) is 0 Å². The van der Waals surface area contributed by atoms with Crippen molar-refractivity contribution in [2.75, 3.05) is 13.2 Å². The molecule has 0 saturated heterocycles. The average Bonchev–Trinajstić information content (AvgIpc) is 3.14. The molecule has 0 aliphatic rings. The highest BCUT2D eigenvalue weighted by Crippen LogP contribution is 2.16. The van der Waals surface area contributed by atoms with E-state index in [1.807, 2.05) is 0 Å². The first-order chi connectivity index (χ1) is 25.9. The van der Waals surface area contributed by atoms with Crippen LogP contribution in [0, 0.1) is 5.92 Å². The van der Waals surface area contributed by atoms with Crippen LogP contribution in [-0.4, -0.2) is 37.2 Å². The van der Waals surface area contributed by atoms with Crippen LogP contribution in [0.4, 0.5) is 0 Å². The highest BCUT2D eigenvalue weighted by Gasteiger charge is 2.19. The Balaban J connectivity index is 4.31. The van der Waals surface area contributed by atoms with Gasteiger partial charge < -0.3 is 14.2 Å². The van der Waals surface area contributed by atoms with Crippen molar-refractivity contribution in [3.8, 4) is 0 Å². The van der Waals surface area contributed by atoms with Gasteiger partial charge in [0.2, 0.25) is 0 Å². The van der Waals surface area contributed by atoms with Crippen molar-refractivity contribution in [2.24, 2.45) is 5.92 Å². The maximum atomic E-state index is 12.7. The smallest absolute Gasteiger partial charge is 0.306 e. The standard InChI is InChI=1S/C47H90O6/c1-5-7-9-11-13-15-16-17-18-24-28-32-36-40-47(50)53-44(41-51-45(48)38-34-30-26-21-14-12-10-8-6-2)42-52-46(49)39-35-31-27-23-20-19-22-25-29-33-37-43(3)4/h43-44H,5-42H2,1-4H3/t44-/m0/s1. The zero-order chi connectivity index (χ0) is 38.9. The summed E-state index contributed by atoms with van der Waals surface area (Å²) in [6, 6.07) is 0. The van der Waals surface area contributed by atoms with Crippen molar-refractivity contribution >= 4 is 17.9 Å². The summed E-state index contributed by atoms with van der Waals surface area (Å²) in [5.41, 5.74) is 0. The van der Waals surface area contributed by atoms with Crippen molar-refractivity contribution < 1.29 is 28.6 Å². The maximum absolute atomic E-state index is 12.7. The second-order valence-corrected chi connectivity index (χ2v) is 16.5. The van der Waals surface area contributed by atoms with E-state index < -0.39 is 6.10 Å². The number of ether oxygens (including phenoxy) is 3. The van der Waals surface area contributed by atoms with Crippen molar-refractivity contribution in [2.45, 2.75) is 265 Å². The number of unbranched alkanes of at least 4 members (excludes halogenated alkanes) is 29. The third-order valence-electron chi connectivity index (χ3n) is 10.5. The van der Waals surface area contributed by atoms with Crippen LogP contribution in [0.3, 0.4) is 0 Å². The SMILES string of the molecule is CCCCCCCCCCCCCCCC(=O)O[C@@H](COC(=O)CCCCCCCCCCC)COC(=O)CCCCCCCCCCCCC(C)C. The van der Waals surface area contributed by atoms with Gasteiger partial charge in [-0.2, -0.15) is 0 Å². The molecule has 0 aromatic carbocycles. The summed E-state index contributed by atoms with van der Waals surface area (Å²) in [6.07, 6.45) is 40.8. The van der Waals surface area contributed by atoms with Gasteiger partial charge in [0.1, 0.15) is 13.2 Å². The van der Waals surface area contributed by atoms with E-state index in [9.17, 15) is 14.4 Å². The molecule has 0 unspecified atom stereocenters. The van der Waals surface area contributed by atoms with E-state index >= 15 is 0 Å². The fourth-order valence-corrected chi connectivity index (χ4v) is 6.98. The lowest BCUT2D eigenvalue weighted by Crippen LogP contribution is -2.30. The molecule has 0 fully saturated rings. The van der Waals surface area contributed by atoms with E-state index in [0.717, 1.165) is 63.7 Å². The lowest BCUT2D eigenvalue weighted by atomic mass is 10.0. The summed E-state index contributed by atoms with van der Waals surface area (Å²) in [6.45, 7) is 8.97. The number of hydrogen-bond acceptors (Lipinski definition) is 6. The summed E-state index contributed by atoms with van der Waals surface area (Å²) >= 11 is 0. The van der Waals surface area contributed by atoms with Gasteiger partial charge in [-0.1, -0.05) is 220 Å². The Morgan fingerprint density at radius 3 is 0.925 bits per heavy atom. The molecule has 0 aliphatic heterocycles. The zero-order valence-electron chi connectivity index (χ0n) is 36.0. The van der Waals surface area contributed by atoms with E-state index in [1.165, 1.54) is 154 Å². The fraction of sp³-hybridized carbons (Fsp3) is 0.936. The fourth-order valence-electron chi connectivity index (χ4n) is 6.98. The molecule has 0 rings (SSSR count). The van der Waals surface area contributed by atoms with Gasteiger partial charge in [0.15, 0.2) is 6.10 Å². The highest BCUT2D eigenvalue weighted by atomic mass is 16.6. The van der Waals surface area contributed by atoms with Crippen LogP contribution >= 0.6 is 0 Å². The predicted molar refractivity (Wildman–Crippen MR) is 224 cm³/mol. The van der Waals surface area contributed by atoms with Crippen molar-refractivity contribution in [1.29, 1.82) is 0 Å². The Kier molecular flexibility index (Phi) is 40.3. The van der Waals surface area contributed by atoms with Gasteiger partial charge in [-0.15, -0.1) is 0 Å². The van der Waals surface area contributed by atoms with E-state index in [-0.39, 0.29) is 31.1 Å². The van der Waals surface area contributed by atoms with Crippen molar-refractivity contribution in [1.82, 2.24) is 0 Å². The van der Waals surface area contributed by atoms with E-state index in [2.05, 4.69) is 27.7 Å². The van der Waals surface area contributed by atoms with Crippen LogP contribution in [0.5, 0.6) is 0 Å². The molecule has 314 valence electrons. The molecular formula is C47H90O6. The van der Waals surface area contributed by atoms with Crippen LogP contribution in [0.15, 0.2) is 0 Å². The van der Waals surface area contributed by atoms with Gasteiger partial charge in [-0.25, -0.2) is 0 Å². The van der Waals surface area contributed by atoms with Gasteiger partial charge in [-0.05, 0) is 25.2 Å². The third kappa shape index (κ3) is 41.4. The van der Waals surface area contributed by atoms with Gasteiger partial charge in [0, 0.05) is 19.3 Å². The molecule has 53 heavy (non-hydrogen) atoms. The Morgan fingerprint density at radius 2 is 0.623 bits per heavy atom. The molecule has 6 heteroatoms. The largest absolute Gasteiger partial charge is 0.462 e. The van der Waals surface area contributed by atoms with E-state index in [4.69, 9.17) is 14.2 Å². The van der Waals surface area contributed by atoms with Gasteiger partial charge in [0.25, 0.3) is 0 Å². The number of carbonyl (C=O) groups excluding carboxylic acids is 3. The molecule has 0 spiro atoms. The highest BCUT2D eigenvalue weighted by molar-refractivity contribution is 5.71. The maximum Gasteiger partial charge on any atom is 0.306 e. The Hall–Kier alpha value is -1.59. The normalized spacial score (nSPS) is 11.9. The molecule has 0 N–H and O–H groups in total. The number of carbonyl (C=O) groups is 3. The van der Waals surface area contributed by atoms with E-state index in [0.29, 0.717) is 19.3 Å². The molecule has 0 aromatic rings. The Morgan fingerprint density at radius 1 is 0.358 bits per heavy atom. The van der Waals surface area contributed by atoms with Crippen molar-refractivity contribution in [3.63, 3.8) is 0 Å². The molecule has 0 radical (unpaired) electrons. The van der Waals surface area contributed by atoms with Crippen LogP contribution in [-0.2, 0) is 28.6 Å². The molecule has 0 bridgehead atoms. The topological polar surface area (TPSA) is 78.9 Å². The van der Waals surface area contributed by atoms with Gasteiger partial charge >= 0.3 is 17.9 Å². The lowest BCUT2D eigenvalue weighted by molar-refractivity contribution is -0.167. The summed E-state index contributed by atoms with van der Waals surface area (Å²) in [4.78, 5) is 37.7. The second-order valence-electron chi connectivity index (χ2n) is 16.5. The van der Waals surface area contributed by atoms with Crippen molar-refractivity contribution in [3.05, 3.63) is 0 Å². The van der Waals surface area contributed by atoms with Gasteiger partial charge in [-0.3, -0.25) is 14.4 Å². The molecule has 0 aliphatic carbocycles. The summed E-state index contributed by atoms with van der Waals surface area (Å²) in [5.74, 6) is -0.0359. The van der Waals surface area contributed by atoms with E-state index in [1.54, 1.807) is 0 Å².